The number of methoxy groups -OCH3 is 1. The molecule has 0 fully saturated rings. The fourth-order valence-electron chi connectivity index (χ4n) is 2.02. The number of nitrogens with one attached hydrogen (secondary N) is 1. The maximum atomic E-state index is 9.87. The first-order valence-electron chi connectivity index (χ1n) is 7.77. The van der Waals surface area contributed by atoms with E-state index in [1.165, 1.54) is 18.4 Å². The summed E-state index contributed by atoms with van der Waals surface area (Å²) < 4.78 is 10.5. The smallest absolute Gasteiger partial charge is 0.0945 e. The molecule has 0 aliphatic rings. The number of benzene rings is 1. The van der Waals surface area contributed by atoms with Crippen LogP contribution in [0.3, 0.4) is 0 Å². The van der Waals surface area contributed by atoms with Gasteiger partial charge in [0.2, 0.25) is 0 Å². The van der Waals surface area contributed by atoms with Gasteiger partial charge in [0.25, 0.3) is 0 Å². The van der Waals surface area contributed by atoms with Gasteiger partial charge in [0, 0.05) is 19.3 Å². The van der Waals surface area contributed by atoms with Crippen molar-refractivity contribution < 1.29 is 14.6 Å². The Morgan fingerprint density at radius 1 is 1.19 bits per heavy atom. The first kappa shape index (κ1) is 18.0. The monoisotopic (exact) mass is 295 g/mol. The summed E-state index contributed by atoms with van der Waals surface area (Å²) in [6.45, 7) is 5.46. The summed E-state index contributed by atoms with van der Waals surface area (Å²) in [5.41, 5.74) is 2.39. The molecule has 0 heterocycles. The van der Waals surface area contributed by atoms with Crippen molar-refractivity contribution in [1.29, 1.82) is 0 Å². The van der Waals surface area contributed by atoms with E-state index in [0.717, 1.165) is 12.1 Å². The lowest BCUT2D eigenvalue weighted by atomic mass is 10.1. The van der Waals surface area contributed by atoms with Crippen molar-refractivity contribution in [2.24, 2.45) is 0 Å². The average Bonchev–Trinajstić information content (AvgIpc) is 2.50. The lowest BCUT2D eigenvalue weighted by molar-refractivity contribution is -0.0282. The SMILES string of the molecule is CCCCc1ccc(NCC(O)COC(C)COC)cc1. The van der Waals surface area contributed by atoms with Gasteiger partial charge in [0.1, 0.15) is 0 Å². The highest BCUT2D eigenvalue weighted by Gasteiger charge is 2.08. The molecule has 0 aliphatic carbocycles. The van der Waals surface area contributed by atoms with E-state index in [1.807, 2.05) is 6.92 Å². The number of anilines is 1. The third-order valence-corrected chi connectivity index (χ3v) is 3.29. The van der Waals surface area contributed by atoms with Gasteiger partial charge in [-0.1, -0.05) is 25.5 Å². The Balaban J connectivity index is 2.24. The lowest BCUT2D eigenvalue weighted by Crippen LogP contribution is -2.28. The molecule has 0 spiro atoms. The number of aliphatic hydroxyl groups is 1. The van der Waals surface area contributed by atoms with E-state index >= 15 is 0 Å². The summed E-state index contributed by atoms with van der Waals surface area (Å²) >= 11 is 0. The molecule has 0 aromatic heterocycles. The van der Waals surface area contributed by atoms with Gasteiger partial charge in [0.15, 0.2) is 0 Å². The number of ether oxygens (including phenoxy) is 2. The largest absolute Gasteiger partial charge is 0.389 e. The highest BCUT2D eigenvalue weighted by atomic mass is 16.5. The van der Waals surface area contributed by atoms with Crippen molar-refractivity contribution in [3.05, 3.63) is 29.8 Å². The Morgan fingerprint density at radius 3 is 2.52 bits per heavy atom. The third-order valence-electron chi connectivity index (χ3n) is 3.29. The van der Waals surface area contributed by atoms with Gasteiger partial charge in [-0.05, 0) is 37.5 Å². The van der Waals surface area contributed by atoms with Crippen molar-refractivity contribution in [3.8, 4) is 0 Å². The van der Waals surface area contributed by atoms with E-state index in [2.05, 4.69) is 36.5 Å². The van der Waals surface area contributed by atoms with Gasteiger partial charge in [-0.25, -0.2) is 0 Å². The molecule has 0 bridgehead atoms. The molecule has 4 nitrogen and oxygen atoms in total. The third kappa shape index (κ3) is 8.05. The van der Waals surface area contributed by atoms with Crippen LogP contribution in [0.5, 0.6) is 0 Å². The van der Waals surface area contributed by atoms with Crippen LogP contribution < -0.4 is 5.32 Å². The molecule has 1 aromatic rings. The van der Waals surface area contributed by atoms with E-state index in [9.17, 15) is 5.11 Å². The molecule has 1 aromatic carbocycles. The van der Waals surface area contributed by atoms with Gasteiger partial charge in [0.05, 0.1) is 25.4 Å². The van der Waals surface area contributed by atoms with Gasteiger partial charge >= 0.3 is 0 Å². The van der Waals surface area contributed by atoms with Crippen molar-refractivity contribution in [2.45, 2.75) is 45.3 Å². The van der Waals surface area contributed by atoms with Gasteiger partial charge < -0.3 is 19.9 Å². The number of aryl methyl sites for hydroxylation is 1. The standard InChI is InChI=1S/C17H29NO3/c1-4-5-6-15-7-9-16(10-8-15)18-11-17(19)13-21-14(2)12-20-3/h7-10,14,17-19H,4-6,11-13H2,1-3H3. The van der Waals surface area contributed by atoms with Crippen LogP contribution in [0.15, 0.2) is 24.3 Å². The van der Waals surface area contributed by atoms with Gasteiger partial charge in [-0.15, -0.1) is 0 Å². The van der Waals surface area contributed by atoms with E-state index in [1.54, 1.807) is 7.11 Å². The van der Waals surface area contributed by atoms with Crippen LogP contribution in [-0.2, 0) is 15.9 Å². The van der Waals surface area contributed by atoms with Gasteiger partial charge in [-0.2, -0.15) is 0 Å². The van der Waals surface area contributed by atoms with Crippen LogP contribution in [-0.4, -0.2) is 44.2 Å². The van der Waals surface area contributed by atoms with Crippen LogP contribution in [0.4, 0.5) is 5.69 Å². The second-order valence-corrected chi connectivity index (χ2v) is 5.43. The fourth-order valence-corrected chi connectivity index (χ4v) is 2.02. The second kappa shape index (κ2) is 10.6. The molecule has 0 aliphatic heterocycles. The maximum absolute atomic E-state index is 9.87. The fraction of sp³-hybridized carbons (Fsp3) is 0.647. The van der Waals surface area contributed by atoms with Crippen LogP contribution in [0.1, 0.15) is 32.3 Å². The van der Waals surface area contributed by atoms with Crippen molar-refractivity contribution in [2.75, 3.05) is 32.2 Å². The maximum Gasteiger partial charge on any atom is 0.0945 e. The first-order valence-corrected chi connectivity index (χ1v) is 7.77. The van der Waals surface area contributed by atoms with Gasteiger partial charge in [-0.3, -0.25) is 0 Å². The van der Waals surface area contributed by atoms with Crippen LogP contribution >= 0.6 is 0 Å². The minimum Gasteiger partial charge on any atom is -0.389 e. The Hall–Kier alpha value is -1.10. The molecule has 2 unspecified atom stereocenters. The molecule has 0 amide bonds. The van der Waals surface area contributed by atoms with Crippen LogP contribution in [0, 0.1) is 0 Å². The quantitative estimate of drug-likeness (QED) is 0.659. The summed E-state index contributed by atoms with van der Waals surface area (Å²) in [5.74, 6) is 0. The number of unbranched alkanes of at least 4 members (excludes halogenated alkanes) is 1. The number of hydrogen-bond donors (Lipinski definition) is 2. The molecule has 2 N–H and O–H groups in total. The Morgan fingerprint density at radius 2 is 1.90 bits per heavy atom. The first-order chi connectivity index (χ1) is 10.2. The summed E-state index contributed by atoms with van der Waals surface area (Å²) in [5, 5.41) is 13.1. The number of hydrogen-bond acceptors (Lipinski definition) is 4. The predicted molar refractivity (Wildman–Crippen MR) is 86.8 cm³/mol. The van der Waals surface area contributed by atoms with Crippen molar-refractivity contribution in [1.82, 2.24) is 0 Å². The van der Waals surface area contributed by atoms with E-state index in [-0.39, 0.29) is 6.10 Å². The molecule has 21 heavy (non-hydrogen) atoms. The molecule has 0 saturated heterocycles. The molecule has 0 radical (unpaired) electrons. The van der Waals surface area contributed by atoms with Crippen molar-refractivity contribution >= 4 is 5.69 Å². The zero-order valence-electron chi connectivity index (χ0n) is 13.5. The Kier molecular flexibility index (Phi) is 9.06. The van der Waals surface area contributed by atoms with Crippen LogP contribution in [0.2, 0.25) is 0 Å². The topological polar surface area (TPSA) is 50.7 Å². The van der Waals surface area contributed by atoms with Crippen molar-refractivity contribution in [3.63, 3.8) is 0 Å². The van der Waals surface area contributed by atoms with E-state index in [4.69, 9.17) is 9.47 Å². The summed E-state index contributed by atoms with van der Waals surface area (Å²) in [7, 11) is 1.64. The zero-order chi connectivity index (χ0) is 15.5. The second-order valence-electron chi connectivity index (χ2n) is 5.43. The summed E-state index contributed by atoms with van der Waals surface area (Å²) in [4.78, 5) is 0. The minimum atomic E-state index is -0.524. The lowest BCUT2D eigenvalue weighted by Gasteiger charge is -2.17. The Bertz CT molecular complexity index is 367. The summed E-state index contributed by atoms with van der Waals surface area (Å²) in [6, 6.07) is 8.40. The molecule has 0 saturated carbocycles. The average molecular weight is 295 g/mol. The van der Waals surface area contributed by atoms with Crippen LogP contribution in [0.25, 0.3) is 0 Å². The normalized spacial score (nSPS) is 13.9. The molecule has 4 heteroatoms. The highest BCUT2D eigenvalue weighted by Crippen LogP contribution is 2.11. The highest BCUT2D eigenvalue weighted by molar-refractivity contribution is 5.44. The molecule has 120 valence electrons. The molecular formula is C17H29NO3. The zero-order valence-corrected chi connectivity index (χ0v) is 13.5. The molecular weight excluding hydrogens is 266 g/mol. The van der Waals surface area contributed by atoms with E-state index in [0.29, 0.717) is 19.8 Å². The minimum absolute atomic E-state index is 0.00231. The molecule has 1 rings (SSSR count). The Labute approximate surface area is 128 Å². The summed E-state index contributed by atoms with van der Waals surface area (Å²) in [6.07, 6.45) is 3.05. The predicted octanol–water partition coefficient (Wildman–Crippen LogP) is 2.85. The van der Waals surface area contributed by atoms with E-state index < -0.39 is 6.10 Å². The number of aliphatic hydroxyl groups excluding tert-OH is 1. The number of rotatable bonds is 11. The molecule has 2 atom stereocenters.